The zero-order chi connectivity index (χ0) is 18.4. The number of hydrogen-bond acceptors (Lipinski definition) is 4. The molecule has 2 aromatic carbocycles. The highest BCUT2D eigenvalue weighted by Gasteiger charge is 2.03. The molecule has 5 heteroatoms. The molecule has 2 N–H and O–H groups in total. The second-order valence-electron chi connectivity index (χ2n) is 6.27. The fourth-order valence-electron chi connectivity index (χ4n) is 2.73. The minimum atomic E-state index is -0.211. The lowest BCUT2D eigenvalue weighted by Crippen LogP contribution is -2.09. The van der Waals surface area contributed by atoms with Crippen LogP contribution in [0.4, 0.5) is 16.0 Å². The molecule has 3 rings (SSSR count). The highest BCUT2D eigenvalue weighted by molar-refractivity contribution is 5.48. The van der Waals surface area contributed by atoms with Gasteiger partial charge in [0.15, 0.2) is 0 Å². The standard InChI is InChI=1S/C21H23FN4/c1-15-5-3-4-6-18(15)14-24-21-13-20(25-16(2)26-21)23-12-11-17-7-9-19(22)10-8-17/h3-10,13H,11-12,14H2,1-2H3,(H2,23,24,25,26). The number of nitrogens with one attached hydrogen (secondary N) is 2. The van der Waals surface area contributed by atoms with Gasteiger partial charge in [0, 0.05) is 19.2 Å². The molecule has 1 heterocycles. The van der Waals surface area contributed by atoms with E-state index in [0.717, 1.165) is 36.7 Å². The molecule has 0 saturated heterocycles. The molecule has 4 nitrogen and oxygen atoms in total. The van der Waals surface area contributed by atoms with Gasteiger partial charge in [-0.15, -0.1) is 0 Å². The molecule has 3 aromatic rings. The normalized spacial score (nSPS) is 10.6. The molecule has 134 valence electrons. The summed E-state index contributed by atoms with van der Waals surface area (Å²) in [5.74, 6) is 2.08. The first-order valence-corrected chi connectivity index (χ1v) is 8.72. The number of nitrogens with zero attached hydrogens (tertiary/aromatic N) is 2. The van der Waals surface area contributed by atoms with Gasteiger partial charge in [-0.3, -0.25) is 0 Å². The summed E-state index contributed by atoms with van der Waals surface area (Å²) in [4.78, 5) is 8.88. The Hall–Kier alpha value is -2.95. The number of halogens is 1. The van der Waals surface area contributed by atoms with Crippen molar-refractivity contribution in [2.24, 2.45) is 0 Å². The Balaban J connectivity index is 1.58. The second kappa shape index (κ2) is 8.43. The molecule has 1 aromatic heterocycles. The molecule has 0 aliphatic carbocycles. The molecule has 0 bridgehead atoms. The number of rotatable bonds is 7. The van der Waals surface area contributed by atoms with E-state index in [1.807, 2.05) is 25.1 Å². The topological polar surface area (TPSA) is 49.8 Å². The molecule has 0 unspecified atom stereocenters. The second-order valence-corrected chi connectivity index (χ2v) is 6.27. The van der Waals surface area contributed by atoms with Gasteiger partial charge < -0.3 is 10.6 Å². The maximum absolute atomic E-state index is 12.9. The van der Waals surface area contributed by atoms with Crippen LogP contribution in [-0.4, -0.2) is 16.5 Å². The van der Waals surface area contributed by atoms with Crippen molar-refractivity contribution in [3.8, 4) is 0 Å². The Morgan fingerprint density at radius 1 is 0.885 bits per heavy atom. The Kier molecular flexibility index (Phi) is 5.79. The van der Waals surface area contributed by atoms with E-state index in [4.69, 9.17) is 0 Å². The Bertz CT molecular complexity index is 862. The lowest BCUT2D eigenvalue weighted by molar-refractivity contribution is 0.627. The van der Waals surface area contributed by atoms with Crippen LogP contribution in [0.15, 0.2) is 54.6 Å². The summed E-state index contributed by atoms with van der Waals surface area (Å²) < 4.78 is 12.9. The number of benzene rings is 2. The Morgan fingerprint density at radius 3 is 2.31 bits per heavy atom. The van der Waals surface area contributed by atoms with Crippen LogP contribution in [0.5, 0.6) is 0 Å². The van der Waals surface area contributed by atoms with E-state index in [2.05, 4.69) is 39.7 Å². The van der Waals surface area contributed by atoms with E-state index in [1.165, 1.54) is 23.3 Å². The zero-order valence-corrected chi connectivity index (χ0v) is 15.1. The largest absolute Gasteiger partial charge is 0.370 e. The van der Waals surface area contributed by atoms with Crippen molar-refractivity contribution in [1.82, 2.24) is 9.97 Å². The van der Waals surface area contributed by atoms with E-state index in [1.54, 1.807) is 12.1 Å². The number of aryl methyl sites for hydroxylation is 2. The predicted molar refractivity (Wildman–Crippen MR) is 104 cm³/mol. The van der Waals surface area contributed by atoms with E-state index >= 15 is 0 Å². The summed E-state index contributed by atoms with van der Waals surface area (Å²) >= 11 is 0. The van der Waals surface area contributed by atoms with Gasteiger partial charge in [-0.05, 0) is 49.1 Å². The maximum Gasteiger partial charge on any atom is 0.132 e. The van der Waals surface area contributed by atoms with Crippen LogP contribution in [0, 0.1) is 19.7 Å². The van der Waals surface area contributed by atoms with Crippen LogP contribution in [0.1, 0.15) is 22.5 Å². The highest BCUT2D eigenvalue weighted by Crippen LogP contribution is 2.14. The first-order chi connectivity index (χ1) is 12.6. The third kappa shape index (κ3) is 5.02. The monoisotopic (exact) mass is 350 g/mol. The van der Waals surface area contributed by atoms with Gasteiger partial charge in [-0.2, -0.15) is 0 Å². The first-order valence-electron chi connectivity index (χ1n) is 8.72. The van der Waals surface area contributed by atoms with Crippen LogP contribution < -0.4 is 10.6 Å². The molecule has 0 atom stereocenters. The van der Waals surface area contributed by atoms with Gasteiger partial charge in [0.1, 0.15) is 23.3 Å². The third-order valence-electron chi connectivity index (χ3n) is 4.19. The number of hydrogen-bond donors (Lipinski definition) is 2. The van der Waals surface area contributed by atoms with Crippen molar-refractivity contribution in [1.29, 1.82) is 0 Å². The fraction of sp³-hybridized carbons (Fsp3) is 0.238. The molecule has 0 saturated carbocycles. The van der Waals surface area contributed by atoms with E-state index < -0.39 is 0 Å². The van der Waals surface area contributed by atoms with Crippen molar-refractivity contribution in [2.75, 3.05) is 17.2 Å². The SMILES string of the molecule is Cc1nc(NCCc2ccc(F)cc2)cc(NCc2ccccc2C)n1. The fourth-order valence-corrected chi connectivity index (χ4v) is 2.73. The maximum atomic E-state index is 12.9. The molecular weight excluding hydrogens is 327 g/mol. The first kappa shape index (κ1) is 17.9. The minimum Gasteiger partial charge on any atom is -0.370 e. The summed E-state index contributed by atoms with van der Waals surface area (Å²) in [5, 5.41) is 6.68. The molecule has 0 aliphatic rings. The van der Waals surface area contributed by atoms with Crippen LogP contribution in [0.25, 0.3) is 0 Å². The molecule has 26 heavy (non-hydrogen) atoms. The molecular formula is C21H23FN4. The summed E-state index contributed by atoms with van der Waals surface area (Å²) in [6, 6.07) is 16.8. The van der Waals surface area contributed by atoms with Crippen molar-refractivity contribution in [2.45, 2.75) is 26.8 Å². The summed E-state index contributed by atoms with van der Waals surface area (Å²) in [7, 11) is 0. The number of aromatic nitrogens is 2. The van der Waals surface area contributed by atoms with Gasteiger partial charge in [0.2, 0.25) is 0 Å². The minimum absolute atomic E-state index is 0.211. The smallest absolute Gasteiger partial charge is 0.132 e. The summed E-state index contributed by atoms with van der Waals surface area (Å²) in [6.07, 6.45) is 0.801. The lowest BCUT2D eigenvalue weighted by atomic mass is 10.1. The lowest BCUT2D eigenvalue weighted by Gasteiger charge is -2.11. The zero-order valence-electron chi connectivity index (χ0n) is 15.1. The molecule has 0 radical (unpaired) electrons. The van der Waals surface area contributed by atoms with Gasteiger partial charge >= 0.3 is 0 Å². The van der Waals surface area contributed by atoms with E-state index in [-0.39, 0.29) is 5.82 Å². The molecule has 0 aliphatic heterocycles. The van der Waals surface area contributed by atoms with Gasteiger partial charge in [-0.1, -0.05) is 36.4 Å². The van der Waals surface area contributed by atoms with Crippen molar-refractivity contribution < 1.29 is 4.39 Å². The van der Waals surface area contributed by atoms with Crippen LogP contribution in [0.2, 0.25) is 0 Å². The third-order valence-corrected chi connectivity index (χ3v) is 4.19. The summed E-state index contributed by atoms with van der Waals surface area (Å²) in [6.45, 7) is 5.42. The van der Waals surface area contributed by atoms with Crippen molar-refractivity contribution in [3.63, 3.8) is 0 Å². The van der Waals surface area contributed by atoms with Crippen LogP contribution >= 0.6 is 0 Å². The van der Waals surface area contributed by atoms with Crippen molar-refractivity contribution in [3.05, 3.63) is 82.9 Å². The highest BCUT2D eigenvalue weighted by atomic mass is 19.1. The Morgan fingerprint density at radius 2 is 1.58 bits per heavy atom. The average molecular weight is 350 g/mol. The van der Waals surface area contributed by atoms with Crippen LogP contribution in [-0.2, 0) is 13.0 Å². The average Bonchev–Trinajstić information content (AvgIpc) is 2.62. The quantitative estimate of drug-likeness (QED) is 0.659. The molecule has 0 spiro atoms. The van der Waals surface area contributed by atoms with Crippen molar-refractivity contribution >= 4 is 11.6 Å². The summed E-state index contributed by atoms with van der Waals surface area (Å²) in [5.41, 5.74) is 3.58. The van der Waals surface area contributed by atoms with E-state index in [9.17, 15) is 4.39 Å². The van der Waals surface area contributed by atoms with Gasteiger partial charge in [0.05, 0.1) is 0 Å². The molecule has 0 fully saturated rings. The Labute approximate surface area is 153 Å². The predicted octanol–water partition coefficient (Wildman–Crippen LogP) is 4.50. The van der Waals surface area contributed by atoms with Crippen LogP contribution in [0.3, 0.4) is 0 Å². The van der Waals surface area contributed by atoms with Gasteiger partial charge in [0.25, 0.3) is 0 Å². The molecule has 0 amide bonds. The van der Waals surface area contributed by atoms with E-state index in [0.29, 0.717) is 5.82 Å². The number of anilines is 2. The van der Waals surface area contributed by atoms with Gasteiger partial charge in [-0.25, -0.2) is 14.4 Å².